The van der Waals surface area contributed by atoms with Gasteiger partial charge in [-0.05, 0) is 13.0 Å². The summed E-state index contributed by atoms with van der Waals surface area (Å²) in [6.45, 7) is 2.96. The zero-order valence-corrected chi connectivity index (χ0v) is 10.8. The Kier molecular flexibility index (Phi) is 7.36. The van der Waals surface area contributed by atoms with Crippen LogP contribution in [0, 0.1) is 0 Å². The van der Waals surface area contributed by atoms with Crippen molar-refractivity contribution < 1.29 is 0 Å². The molecule has 0 unspecified atom stereocenters. The molecule has 1 aliphatic carbocycles. The summed E-state index contributed by atoms with van der Waals surface area (Å²) in [5.41, 5.74) is 6.60. The lowest BCUT2D eigenvalue weighted by atomic mass is 10.0. The molecule has 1 rings (SSSR count). The first-order chi connectivity index (χ1) is 6.93. The number of hydrogen-bond acceptors (Lipinski definition) is 2. The Balaban J connectivity index is 1.82. The molecule has 3 heteroatoms. The molecule has 0 aromatic heterocycles. The van der Waals surface area contributed by atoms with Gasteiger partial charge < -0.3 is 11.1 Å². The van der Waals surface area contributed by atoms with Crippen molar-refractivity contribution in [3.63, 3.8) is 0 Å². The highest BCUT2D eigenvalue weighted by Gasteiger charge is 2.12. The van der Waals surface area contributed by atoms with Gasteiger partial charge in [0.05, 0.1) is 0 Å². The van der Waals surface area contributed by atoms with Crippen LogP contribution in [-0.2, 0) is 0 Å². The Morgan fingerprint density at radius 2 is 1.93 bits per heavy atom. The third-order valence-electron chi connectivity index (χ3n) is 3.26. The highest BCUT2D eigenvalue weighted by atomic mass is 28.2. The van der Waals surface area contributed by atoms with Gasteiger partial charge in [-0.3, -0.25) is 0 Å². The smallest absolute Gasteiger partial charge is 0.0232 e. The van der Waals surface area contributed by atoms with E-state index in [0.717, 1.165) is 13.1 Å². The summed E-state index contributed by atoms with van der Waals surface area (Å²) in [4.78, 5) is 0. The fourth-order valence-electron chi connectivity index (χ4n) is 2.39. The van der Waals surface area contributed by atoms with Gasteiger partial charge in [0, 0.05) is 22.6 Å². The molecule has 2 nitrogen and oxygen atoms in total. The van der Waals surface area contributed by atoms with Gasteiger partial charge in [-0.1, -0.05) is 43.7 Å². The van der Waals surface area contributed by atoms with E-state index in [1.165, 1.54) is 37.8 Å². The maximum absolute atomic E-state index is 5.41. The highest BCUT2D eigenvalue weighted by molar-refractivity contribution is 6.37. The molecule has 0 atom stereocenters. The summed E-state index contributed by atoms with van der Waals surface area (Å²) in [6, 6.07) is 1.54. The zero-order chi connectivity index (χ0) is 10.1. The van der Waals surface area contributed by atoms with Gasteiger partial charge in [0.25, 0.3) is 0 Å². The van der Waals surface area contributed by atoms with Crippen molar-refractivity contribution in [2.45, 2.75) is 50.1 Å². The van der Waals surface area contributed by atoms with Gasteiger partial charge in [0.2, 0.25) is 0 Å². The molecule has 0 aliphatic heterocycles. The second-order valence-corrected chi connectivity index (χ2v) is 6.98. The average Bonchev–Trinajstić information content (AvgIpc) is 2.25. The van der Waals surface area contributed by atoms with Crippen LogP contribution in [-0.4, -0.2) is 29.2 Å². The normalized spacial score (nSPS) is 19.5. The van der Waals surface area contributed by atoms with Crippen LogP contribution >= 0.6 is 0 Å². The maximum Gasteiger partial charge on any atom is 0.0232 e. The minimum absolute atomic E-state index is 0.260. The van der Waals surface area contributed by atoms with Crippen LogP contribution in [0.5, 0.6) is 0 Å². The van der Waals surface area contributed by atoms with Crippen molar-refractivity contribution in [1.29, 1.82) is 0 Å². The predicted molar refractivity (Wildman–Crippen MR) is 66.7 cm³/mol. The van der Waals surface area contributed by atoms with E-state index in [1.54, 1.807) is 18.9 Å². The van der Waals surface area contributed by atoms with Crippen LogP contribution in [0.25, 0.3) is 0 Å². The summed E-state index contributed by atoms with van der Waals surface area (Å²) < 4.78 is 0. The van der Waals surface area contributed by atoms with Crippen LogP contribution < -0.4 is 11.1 Å². The molecular formula is C11H26N2Si. The summed E-state index contributed by atoms with van der Waals surface area (Å²) >= 11 is 0. The molecule has 0 amide bonds. The largest absolute Gasteiger partial charge is 0.329 e. The van der Waals surface area contributed by atoms with E-state index in [4.69, 9.17) is 5.73 Å². The number of nitrogens with one attached hydrogen (secondary N) is 1. The average molecular weight is 214 g/mol. The third-order valence-corrected chi connectivity index (χ3v) is 5.80. The number of hydrogen-bond donors (Lipinski definition) is 2. The summed E-state index contributed by atoms with van der Waals surface area (Å²) in [5.74, 6) is 0. The Morgan fingerprint density at radius 1 is 1.14 bits per heavy atom. The molecule has 0 aromatic rings. The van der Waals surface area contributed by atoms with Crippen LogP contribution in [0.4, 0.5) is 0 Å². The summed E-state index contributed by atoms with van der Waals surface area (Å²) in [7, 11) is 0.260. The fraction of sp³-hybridized carbons (Fsp3) is 1.00. The molecule has 0 bridgehead atoms. The van der Waals surface area contributed by atoms with Gasteiger partial charge in [-0.25, -0.2) is 0 Å². The van der Waals surface area contributed by atoms with E-state index < -0.39 is 0 Å². The molecule has 84 valence electrons. The SMILES string of the molecule is NCCNCCC[SiH2]C1CCCCC1. The van der Waals surface area contributed by atoms with Gasteiger partial charge >= 0.3 is 0 Å². The van der Waals surface area contributed by atoms with Crippen molar-refractivity contribution in [3.8, 4) is 0 Å². The molecule has 0 radical (unpaired) electrons. The van der Waals surface area contributed by atoms with E-state index in [9.17, 15) is 0 Å². The second-order valence-electron chi connectivity index (χ2n) is 4.54. The van der Waals surface area contributed by atoms with Crippen LogP contribution in [0.3, 0.4) is 0 Å². The Hall–Kier alpha value is 0.137. The van der Waals surface area contributed by atoms with Crippen molar-refractivity contribution in [2.24, 2.45) is 5.73 Å². The first-order valence-corrected chi connectivity index (χ1v) is 8.16. The fourth-order valence-corrected chi connectivity index (χ4v) is 4.66. The van der Waals surface area contributed by atoms with Crippen LogP contribution in [0.1, 0.15) is 38.5 Å². The Morgan fingerprint density at radius 3 is 2.64 bits per heavy atom. The molecule has 14 heavy (non-hydrogen) atoms. The minimum Gasteiger partial charge on any atom is -0.329 e. The van der Waals surface area contributed by atoms with Gasteiger partial charge in [-0.2, -0.15) is 0 Å². The maximum atomic E-state index is 5.41. The standard InChI is InChI=1S/C11H26N2Si/c12-7-9-13-8-4-10-14-11-5-2-1-3-6-11/h11,13H,1-10,12,14H2. The minimum atomic E-state index is 0.260. The van der Waals surface area contributed by atoms with E-state index in [2.05, 4.69) is 5.32 Å². The molecular weight excluding hydrogens is 188 g/mol. The molecule has 0 aromatic carbocycles. The van der Waals surface area contributed by atoms with Crippen LogP contribution in [0.15, 0.2) is 0 Å². The van der Waals surface area contributed by atoms with E-state index in [-0.39, 0.29) is 9.52 Å². The molecule has 0 spiro atoms. The third kappa shape index (κ3) is 5.78. The lowest BCUT2D eigenvalue weighted by Gasteiger charge is -2.20. The lowest BCUT2D eigenvalue weighted by Crippen LogP contribution is -2.23. The topological polar surface area (TPSA) is 38.0 Å². The zero-order valence-electron chi connectivity index (χ0n) is 9.43. The van der Waals surface area contributed by atoms with Crippen molar-refractivity contribution in [3.05, 3.63) is 0 Å². The predicted octanol–water partition coefficient (Wildman–Crippen LogP) is 1.26. The second kappa shape index (κ2) is 8.45. The highest BCUT2D eigenvalue weighted by Crippen LogP contribution is 2.28. The molecule has 1 aliphatic rings. The van der Waals surface area contributed by atoms with E-state index in [0.29, 0.717) is 0 Å². The number of rotatable bonds is 7. The first-order valence-electron chi connectivity index (χ1n) is 6.34. The van der Waals surface area contributed by atoms with Crippen molar-refractivity contribution in [1.82, 2.24) is 5.32 Å². The molecule has 0 heterocycles. The quantitative estimate of drug-likeness (QED) is 0.495. The molecule has 3 N–H and O–H groups in total. The number of nitrogens with two attached hydrogens (primary N) is 1. The summed E-state index contributed by atoms with van der Waals surface area (Å²) in [6.07, 6.45) is 9.04. The molecule has 0 saturated heterocycles. The van der Waals surface area contributed by atoms with Gasteiger partial charge in [0.15, 0.2) is 0 Å². The van der Waals surface area contributed by atoms with Gasteiger partial charge in [0.1, 0.15) is 0 Å². The van der Waals surface area contributed by atoms with Crippen molar-refractivity contribution in [2.75, 3.05) is 19.6 Å². The van der Waals surface area contributed by atoms with E-state index >= 15 is 0 Å². The molecule has 1 saturated carbocycles. The Labute approximate surface area is 90.8 Å². The van der Waals surface area contributed by atoms with Gasteiger partial charge in [-0.15, -0.1) is 0 Å². The molecule has 1 fully saturated rings. The monoisotopic (exact) mass is 214 g/mol. The van der Waals surface area contributed by atoms with E-state index in [1.807, 2.05) is 0 Å². The van der Waals surface area contributed by atoms with Crippen molar-refractivity contribution >= 4 is 9.52 Å². The lowest BCUT2D eigenvalue weighted by molar-refractivity contribution is 0.499. The first kappa shape index (κ1) is 12.2. The van der Waals surface area contributed by atoms with Crippen LogP contribution in [0.2, 0.25) is 11.6 Å². The Bertz CT molecular complexity index is 124. The summed E-state index contributed by atoms with van der Waals surface area (Å²) in [5, 5.41) is 3.37.